The third kappa shape index (κ3) is 2.25. The Kier molecular flexibility index (Phi) is 2.92. The molecule has 2 rings (SSSR count). The zero-order valence-corrected chi connectivity index (χ0v) is 8.94. The molecule has 1 aliphatic carbocycles. The Bertz CT molecular complexity index is 280. The number of rotatable bonds is 3. The van der Waals surface area contributed by atoms with Gasteiger partial charge >= 0.3 is 0 Å². The van der Waals surface area contributed by atoms with E-state index in [0.29, 0.717) is 0 Å². The molecular weight excluding hydrogens is 204 g/mol. The minimum Gasteiger partial charge on any atom is -0.388 e. The van der Waals surface area contributed by atoms with Crippen LogP contribution in [0.1, 0.15) is 37.4 Å². The number of thiophene rings is 1. The van der Waals surface area contributed by atoms with Gasteiger partial charge in [0.15, 0.2) is 0 Å². The second kappa shape index (κ2) is 3.99. The van der Waals surface area contributed by atoms with Crippen molar-refractivity contribution in [3.63, 3.8) is 0 Å². The summed E-state index contributed by atoms with van der Waals surface area (Å²) in [5, 5.41) is 11.8. The summed E-state index contributed by atoms with van der Waals surface area (Å²) in [6, 6.07) is 1.87. The van der Waals surface area contributed by atoms with Crippen molar-refractivity contribution in [1.82, 2.24) is 0 Å². The smallest absolute Gasteiger partial charge is 0.0932 e. The summed E-state index contributed by atoms with van der Waals surface area (Å²) < 4.78 is 0.766. The third-order valence-corrected chi connectivity index (χ3v) is 3.86. The monoisotopic (exact) mass is 216 g/mol. The molecule has 1 aliphatic rings. The fourth-order valence-electron chi connectivity index (χ4n) is 1.68. The number of hydrogen-bond donors (Lipinski definition) is 1. The molecule has 1 saturated carbocycles. The highest BCUT2D eigenvalue weighted by molar-refractivity contribution is 7.14. The molecule has 72 valence electrons. The van der Waals surface area contributed by atoms with Crippen molar-refractivity contribution < 1.29 is 5.11 Å². The average molecular weight is 217 g/mol. The normalized spacial score (nSPS) is 19.8. The zero-order valence-electron chi connectivity index (χ0n) is 7.37. The van der Waals surface area contributed by atoms with E-state index in [2.05, 4.69) is 0 Å². The first-order valence-electron chi connectivity index (χ1n) is 4.67. The van der Waals surface area contributed by atoms with Crippen molar-refractivity contribution in [2.75, 3.05) is 0 Å². The van der Waals surface area contributed by atoms with Crippen LogP contribution in [0.3, 0.4) is 0 Å². The van der Waals surface area contributed by atoms with E-state index in [-0.39, 0.29) is 6.10 Å². The van der Waals surface area contributed by atoms with Gasteiger partial charge in [-0.15, -0.1) is 11.3 Å². The molecule has 13 heavy (non-hydrogen) atoms. The Balaban J connectivity index is 1.92. The molecule has 1 atom stereocenters. The lowest BCUT2D eigenvalue weighted by molar-refractivity contribution is 0.119. The third-order valence-electron chi connectivity index (χ3n) is 2.75. The second-order valence-corrected chi connectivity index (χ2v) is 5.28. The first-order chi connectivity index (χ1) is 6.25. The van der Waals surface area contributed by atoms with Gasteiger partial charge in [-0.2, -0.15) is 0 Å². The van der Waals surface area contributed by atoms with E-state index in [4.69, 9.17) is 11.6 Å². The molecule has 0 spiro atoms. The quantitative estimate of drug-likeness (QED) is 0.818. The van der Waals surface area contributed by atoms with Gasteiger partial charge in [-0.3, -0.25) is 0 Å². The topological polar surface area (TPSA) is 20.2 Å². The van der Waals surface area contributed by atoms with Gasteiger partial charge < -0.3 is 5.11 Å². The average Bonchev–Trinajstić information content (AvgIpc) is 2.44. The minimum atomic E-state index is -0.297. The lowest BCUT2D eigenvalue weighted by Crippen LogP contribution is -2.14. The lowest BCUT2D eigenvalue weighted by Gasteiger charge is -2.27. The predicted molar refractivity (Wildman–Crippen MR) is 56.2 cm³/mol. The summed E-state index contributed by atoms with van der Waals surface area (Å²) in [4.78, 5) is 0. The Morgan fingerprint density at radius 1 is 1.62 bits per heavy atom. The molecule has 0 saturated heterocycles. The number of aliphatic hydroxyl groups is 1. The van der Waals surface area contributed by atoms with Crippen LogP contribution in [0.2, 0.25) is 4.34 Å². The maximum absolute atomic E-state index is 9.82. The predicted octanol–water partition coefficient (Wildman–Crippen LogP) is 3.63. The zero-order chi connectivity index (χ0) is 9.26. The standard InChI is InChI=1S/C10H13ClOS/c11-10-5-8(6-13-10)9(12)4-7-2-1-3-7/h5-7,9,12H,1-4H2. The van der Waals surface area contributed by atoms with Crippen molar-refractivity contribution in [3.8, 4) is 0 Å². The second-order valence-electron chi connectivity index (χ2n) is 3.73. The van der Waals surface area contributed by atoms with Gasteiger partial charge in [-0.25, -0.2) is 0 Å². The molecule has 0 amide bonds. The lowest BCUT2D eigenvalue weighted by atomic mass is 9.81. The molecule has 1 heterocycles. The summed E-state index contributed by atoms with van der Waals surface area (Å²) in [5.74, 6) is 0.744. The van der Waals surface area contributed by atoms with Gasteiger partial charge in [0.25, 0.3) is 0 Å². The van der Waals surface area contributed by atoms with E-state index in [0.717, 1.165) is 22.2 Å². The van der Waals surface area contributed by atoms with Crippen molar-refractivity contribution in [2.45, 2.75) is 31.8 Å². The molecule has 1 nitrogen and oxygen atoms in total. The van der Waals surface area contributed by atoms with Gasteiger partial charge in [0.2, 0.25) is 0 Å². The van der Waals surface area contributed by atoms with E-state index >= 15 is 0 Å². The Hall–Kier alpha value is -0.0500. The molecule has 0 aliphatic heterocycles. The van der Waals surface area contributed by atoms with Crippen LogP contribution in [0.25, 0.3) is 0 Å². The van der Waals surface area contributed by atoms with Gasteiger partial charge in [0, 0.05) is 0 Å². The summed E-state index contributed by atoms with van der Waals surface area (Å²) in [6.45, 7) is 0. The fraction of sp³-hybridized carbons (Fsp3) is 0.600. The minimum absolute atomic E-state index is 0.297. The fourth-order valence-corrected chi connectivity index (χ4v) is 2.62. The first-order valence-corrected chi connectivity index (χ1v) is 5.93. The van der Waals surface area contributed by atoms with E-state index in [9.17, 15) is 5.11 Å². The van der Waals surface area contributed by atoms with Crippen molar-refractivity contribution >= 4 is 22.9 Å². The van der Waals surface area contributed by atoms with Gasteiger partial charge in [-0.05, 0) is 29.3 Å². The highest BCUT2D eigenvalue weighted by atomic mass is 35.5. The summed E-state index contributed by atoms with van der Waals surface area (Å²) in [5.41, 5.74) is 0.988. The molecule has 0 aromatic carbocycles. The van der Waals surface area contributed by atoms with E-state index in [1.807, 2.05) is 11.4 Å². The molecule has 1 unspecified atom stereocenters. The van der Waals surface area contributed by atoms with E-state index in [1.54, 1.807) is 0 Å². The van der Waals surface area contributed by atoms with E-state index < -0.39 is 0 Å². The molecule has 0 bridgehead atoms. The van der Waals surface area contributed by atoms with Crippen LogP contribution in [0.5, 0.6) is 0 Å². The SMILES string of the molecule is OC(CC1CCC1)c1csc(Cl)c1. The summed E-state index contributed by atoms with van der Waals surface area (Å²) in [6.07, 6.45) is 4.52. The first kappa shape index (κ1) is 9.50. The van der Waals surface area contributed by atoms with Crippen molar-refractivity contribution in [2.24, 2.45) is 5.92 Å². The summed E-state index contributed by atoms with van der Waals surface area (Å²) >= 11 is 7.29. The Morgan fingerprint density at radius 3 is 2.85 bits per heavy atom. The highest BCUT2D eigenvalue weighted by Crippen LogP contribution is 2.36. The molecule has 3 heteroatoms. The van der Waals surface area contributed by atoms with Crippen LogP contribution >= 0.6 is 22.9 Å². The van der Waals surface area contributed by atoms with Gasteiger partial charge in [0.1, 0.15) is 0 Å². The van der Waals surface area contributed by atoms with Crippen LogP contribution in [0, 0.1) is 5.92 Å². The maximum atomic E-state index is 9.82. The Labute approximate surface area is 87.4 Å². The molecule has 1 fully saturated rings. The largest absolute Gasteiger partial charge is 0.388 e. The van der Waals surface area contributed by atoms with E-state index in [1.165, 1.54) is 30.6 Å². The molecule has 1 aromatic rings. The number of hydrogen-bond acceptors (Lipinski definition) is 2. The molecule has 1 N–H and O–H groups in total. The van der Waals surface area contributed by atoms with Gasteiger partial charge in [0.05, 0.1) is 10.4 Å². The molecule has 0 radical (unpaired) electrons. The number of aliphatic hydroxyl groups excluding tert-OH is 1. The number of halogens is 1. The van der Waals surface area contributed by atoms with Crippen molar-refractivity contribution in [1.29, 1.82) is 0 Å². The maximum Gasteiger partial charge on any atom is 0.0932 e. The summed E-state index contributed by atoms with van der Waals surface area (Å²) in [7, 11) is 0. The molecular formula is C10H13ClOS. The van der Waals surface area contributed by atoms with Crippen LogP contribution in [-0.4, -0.2) is 5.11 Å². The van der Waals surface area contributed by atoms with Crippen LogP contribution in [0.4, 0.5) is 0 Å². The van der Waals surface area contributed by atoms with Gasteiger partial charge in [-0.1, -0.05) is 30.9 Å². The Morgan fingerprint density at radius 2 is 2.38 bits per heavy atom. The molecule has 1 aromatic heterocycles. The van der Waals surface area contributed by atoms with Crippen LogP contribution < -0.4 is 0 Å². The highest BCUT2D eigenvalue weighted by Gasteiger charge is 2.22. The van der Waals surface area contributed by atoms with Crippen LogP contribution in [-0.2, 0) is 0 Å². The van der Waals surface area contributed by atoms with Crippen molar-refractivity contribution in [3.05, 3.63) is 21.3 Å². The van der Waals surface area contributed by atoms with Crippen LogP contribution in [0.15, 0.2) is 11.4 Å².